The number of primary sulfonamides is 1. The van der Waals surface area contributed by atoms with E-state index in [4.69, 9.17) is 10.9 Å². The van der Waals surface area contributed by atoms with Crippen LogP contribution in [0.4, 0.5) is 11.4 Å². The lowest BCUT2D eigenvalue weighted by Crippen LogP contribution is -2.23. The summed E-state index contributed by atoms with van der Waals surface area (Å²) in [6.07, 6.45) is 1.23. The van der Waals surface area contributed by atoms with Crippen LogP contribution in [0.15, 0.2) is 17.0 Å². The van der Waals surface area contributed by atoms with Crippen molar-refractivity contribution in [1.82, 2.24) is 0 Å². The molecule has 0 amide bonds. The van der Waals surface area contributed by atoms with E-state index < -0.39 is 10.0 Å². The van der Waals surface area contributed by atoms with Crippen LogP contribution in [0.25, 0.3) is 0 Å². The van der Waals surface area contributed by atoms with E-state index in [1.165, 1.54) is 12.5 Å². The molecule has 2 atom stereocenters. The van der Waals surface area contributed by atoms with Crippen LogP contribution in [-0.2, 0) is 10.0 Å². The van der Waals surface area contributed by atoms with Gasteiger partial charge in [0.15, 0.2) is 0 Å². The fourth-order valence-electron chi connectivity index (χ4n) is 2.49. The molecule has 4 N–H and O–H groups in total. The highest BCUT2D eigenvalue weighted by molar-refractivity contribution is 7.89. The third-order valence-corrected chi connectivity index (χ3v) is 4.89. The highest BCUT2D eigenvalue weighted by Gasteiger charge is 2.33. The summed E-state index contributed by atoms with van der Waals surface area (Å²) in [5.41, 5.74) is 7.70. The van der Waals surface area contributed by atoms with Gasteiger partial charge in [-0.1, -0.05) is 6.92 Å². The third-order valence-electron chi connectivity index (χ3n) is 3.86. The van der Waals surface area contributed by atoms with E-state index in [9.17, 15) is 8.42 Å². The molecule has 0 aliphatic heterocycles. The zero-order chi connectivity index (χ0) is 14.4. The van der Waals surface area contributed by atoms with E-state index in [1.54, 1.807) is 13.0 Å². The molecule has 0 heterocycles. The summed E-state index contributed by atoms with van der Waals surface area (Å²) in [4.78, 5) is 2.17. The molecule has 0 spiro atoms. The summed E-state index contributed by atoms with van der Waals surface area (Å²) >= 11 is 0. The van der Waals surface area contributed by atoms with Gasteiger partial charge in [-0.3, -0.25) is 0 Å². The van der Waals surface area contributed by atoms with Gasteiger partial charge in [-0.15, -0.1) is 0 Å². The first kappa shape index (κ1) is 14.1. The van der Waals surface area contributed by atoms with Crippen LogP contribution in [0.3, 0.4) is 0 Å². The molecule has 1 aromatic carbocycles. The molecule has 2 unspecified atom stereocenters. The molecule has 106 valence electrons. The number of sulfonamides is 1. The van der Waals surface area contributed by atoms with Gasteiger partial charge in [-0.2, -0.15) is 0 Å². The highest BCUT2D eigenvalue weighted by atomic mass is 32.2. The second kappa shape index (κ2) is 4.68. The van der Waals surface area contributed by atoms with E-state index in [0.717, 1.165) is 18.2 Å². The van der Waals surface area contributed by atoms with Crippen LogP contribution in [0.1, 0.15) is 18.9 Å². The van der Waals surface area contributed by atoms with Crippen molar-refractivity contribution in [3.63, 3.8) is 0 Å². The normalized spacial score (nSPS) is 22.3. The Morgan fingerprint density at radius 3 is 2.47 bits per heavy atom. The zero-order valence-corrected chi connectivity index (χ0v) is 12.4. The molecular weight excluding hydrogens is 262 g/mol. The SMILES string of the molecule is Cc1c(N(C)CC2CC2C)cc(N)cc1S(N)(=O)=O. The first-order chi connectivity index (χ1) is 8.70. The van der Waals surface area contributed by atoms with Crippen molar-refractivity contribution in [3.05, 3.63) is 17.7 Å². The molecular formula is C13H21N3O2S. The lowest BCUT2D eigenvalue weighted by Gasteiger charge is -2.23. The molecule has 1 aromatic rings. The number of hydrogen-bond acceptors (Lipinski definition) is 4. The molecule has 0 radical (unpaired) electrons. The Labute approximate surface area is 114 Å². The van der Waals surface area contributed by atoms with Crippen LogP contribution in [0.2, 0.25) is 0 Å². The van der Waals surface area contributed by atoms with Crippen molar-refractivity contribution in [2.75, 3.05) is 24.2 Å². The zero-order valence-electron chi connectivity index (χ0n) is 11.6. The fraction of sp³-hybridized carbons (Fsp3) is 0.538. The second-order valence-corrected chi connectivity index (χ2v) is 7.09. The van der Waals surface area contributed by atoms with Crippen LogP contribution >= 0.6 is 0 Å². The molecule has 0 saturated heterocycles. The molecule has 1 aliphatic rings. The molecule has 0 bridgehead atoms. The van der Waals surface area contributed by atoms with Crippen molar-refractivity contribution in [3.8, 4) is 0 Å². The molecule has 1 aliphatic carbocycles. The number of nitrogens with zero attached hydrogens (tertiary/aromatic N) is 1. The van der Waals surface area contributed by atoms with Gasteiger partial charge in [0, 0.05) is 25.0 Å². The maximum Gasteiger partial charge on any atom is 0.238 e. The Morgan fingerprint density at radius 2 is 2.00 bits per heavy atom. The monoisotopic (exact) mass is 283 g/mol. The quantitative estimate of drug-likeness (QED) is 0.815. The Morgan fingerprint density at radius 1 is 1.42 bits per heavy atom. The molecule has 6 heteroatoms. The Kier molecular flexibility index (Phi) is 3.49. The largest absolute Gasteiger partial charge is 0.399 e. The number of benzene rings is 1. The van der Waals surface area contributed by atoms with Gasteiger partial charge in [-0.05, 0) is 42.9 Å². The molecule has 1 fully saturated rings. The van der Waals surface area contributed by atoms with Gasteiger partial charge in [-0.25, -0.2) is 13.6 Å². The topological polar surface area (TPSA) is 89.4 Å². The Bertz CT molecular complexity index is 598. The summed E-state index contributed by atoms with van der Waals surface area (Å²) < 4.78 is 23.1. The van der Waals surface area contributed by atoms with E-state index in [2.05, 4.69) is 11.8 Å². The molecule has 5 nitrogen and oxygen atoms in total. The van der Waals surface area contributed by atoms with E-state index >= 15 is 0 Å². The molecule has 0 aromatic heterocycles. The van der Waals surface area contributed by atoms with Gasteiger partial charge >= 0.3 is 0 Å². The second-order valence-electron chi connectivity index (χ2n) is 5.56. The number of nitrogens with two attached hydrogens (primary N) is 2. The highest BCUT2D eigenvalue weighted by Crippen LogP contribution is 2.39. The molecule has 19 heavy (non-hydrogen) atoms. The predicted molar refractivity (Wildman–Crippen MR) is 77.5 cm³/mol. The van der Waals surface area contributed by atoms with Gasteiger partial charge in [0.2, 0.25) is 10.0 Å². The maximum atomic E-state index is 11.6. The minimum atomic E-state index is -3.74. The summed E-state index contributed by atoms with van der Waals surface area (Å²) in [6.45, 7) is 4.90. The van der Waals surface area contributed by atoms with E-state index in [1.807, 2.05) is 7.05 Å². The molecule has 2 rings (SSSR count). The Hall–Kier alpha value is -1.27. The molecule has 1 saturated carbocycles. The fourth-order valence-corrected chi connectivity index (χ4v) is 3.32. The summed E-state index contributed by atoms with van der Waals surface area (Å²) in [6, 6.07) is 3.22. The third kappa shape index (κ3) is 3.01. The van der Waals surface area contributed by atoms with Crippen molar-refractivity contribution in [2.24, 2.45) is 17.0 Å². The van der Waals surface area contributed by atoms with Crippen LogP contribution in [0, 0.1) is 18.8 Å². The summed E-state index contributed by atoms with van der Waals surface area (Å²) in [5.74, 6) is 1.44. The smallest absolute Gasteiger partial charge is 0.238 e. The predicted octanol–water partition coefficient (Wildman–Crippen LogP) is 1.32. The lowest BCUT2D eigenvalue weighted by atomic mass is 10.1. The van der Waals surface area contributed by atoms with Crippen molar-refractivity contribution in [1.29, 1.82) is 0 Å². The lowest BCUT2D eigenvalue weighted by molar-refractivity contribution is 0.597. The van der Waals surface area contributed by atoms with Crippen molar-refractivity contribution in [2.45, 2.75) is 25.2 Å². The number of hydrogen-bond donors (Lipinski definition) is 2. The number of anilines is 2. The first-order valence-electron chi connectivity index (χ1n) is 6.34. The minimum absolute atomic E-state index is 0.109. The number of nitrogen functional groups attached to an aromatic ring is 1. The van der Waals surface area contributed by atoms with Gasteiger partial charge < -0.3 is 10.6 Å². The maximum absolute atomic E-state index is 11.6. The van der Waals surface area contributed by atoms with Gasteiger partial charge in [0.1, 0.15) is 0 Å². The standard InChI is InChI=1S/C13H21N3O2S/c1-8-4-10(8)7-16(3)12-5-11(14)6-13(9(12)2)19(15,17)18/h5-6,8,10H,4,7,14H2,1-3H3,(H2,15,17,18). The van der Waals surface area contributed by atoms with Crippen molar-refractivity contribution >= 4 is 21.4 Å². The Balaban J connectivity index is 2.37. The van der Waals surface area contributed by atoms with E-state index in [0.29, 0.717) is 17.2 Å². The van der Waals surface area contributed by atoms with Crippen LogP contribution in [0.5, 0.6) is 0 Å². The number of rotatable bonds is 4. The average Bonchev–Trinajstić information content (AvgIpc) is 2.95. The van der Waals surface area contributed by atoms with Crippen LogP contribution in [-0.4, -0.2) is 22.0 Å². The summed E-state index contributed by atoms with van der Waals surface area (Å²) in [5, 5.41) is 5.23. The van der Waals surface area contributed by atoms with Gasteiger partial charge in [0.25, 0.3) is 0 Å². The van der Waals surface area contributed by atoms with E-state index in [-0.39, 0.29) is 4.90 Å². The van der Waals surface area contributed by atoms with Crippen LogP contribution < -0.4 is 15.8 Å². The van der Waals surface area contributed by atoms with Gasteiger partial charge in [0.05, 0.1) is 4.90 Å². The summed E-state index contributed by atoms with van der Waals surface area (Å²) in [7, 11) is -1.78. The first-order valence-corrected chi connectivity index (χ1v) is 7.89. The average molecular weight is 283 g/mol. The van der Waals surface area contributed by atoms with Crippen molar-refractivity contribution < 1.29 is 8.42 Å². The minimum Gasteiger partial charge on any atom is -0.399 e.